The van der Waals surface area contributed by atoms with E-state index >= 15 is 0 Å². The van der Waals surface area contributed by atoms with Crippen molar-refractivity contribution in [2.24, 2.45) is 0 Å². The van der Waals surface area contributed by atoms with Gasteiger partial charge in [0.25, 0.3) is 0 Å². The first-order chi connectivity index (χ1) is 5.15. The molecule has 4 heteroatoms. The van der Waals surface area contributed by atoms with Crippen LogP contribution in [0, 0.1) is 5.82 Å². The van der Waals surface area contributed by atoms with Gasteiger partial charge in [-0.1, -0.05) is 11.6 Å². The number of aldehydes is 1. The molecule has 1 nitrogen and oxygen atoms in total. The molecule has 0 unspecified atom stereocenters. The second-order valence-electron chi connectivity index (χ2n) is 1.91. The zero-order valence-corrected chi connectivity index (χ0v) is 7.62. The first kappa shape index (κ1) is 8.68. The van der Waals surface area contributed by atoms with Gasteiger partial charge in [0.15, 0.2) is 6.29 Å². The average molecular weight is 237 g/mol. The van der Waals surface area contributed by atoms with Crippen molar-refractivity contribution in [3.8, 4) is 0 Å². The predicted octanol–water partition coefficient (Wildman–Crippen LogP) is 3.05. The van der Waals surface area contributed by atoms with Gasteiger partial charge in [0, 0.05) is 10.0 Å². The Balaban J connectivity index is 3.31. The van der Waals surface area contributed by atoms with Crippen LogP contribution in [0.2, 0.25) is 5.02 Å². The van der Waals surface area contributed by atoms with Crippen LogP contribution in [0.5, 0.6) is 0 Å². The van der Waals surface area contributed by atoms with Crippen molar-refractivity contribution in [3.05, 3.63) is 33.0 Å². The number of carbonyl (C=O) groups is 1. The van der Waals surface area contributed by atoms with Crippen LogP contribution in [0.25, 0.3) is 0 Å². The summed E-state index contributed by atoms with van der Waals surface area (Å²) in [7, 11) is 0. The highest BCUT2D eigenvalue weighted by molar-refractivity contribution is 9.10. The molecule has 0 spiro atoms. The summed E-state index contributed by atoms with van der Waals surface area (Å²) in [6.45, 7) is 0. The molecule has 0 bridgehead atoms. The minimum Gasteiger partial charge on any atom is -0.298 e. The number of hydrogen-bond donors (Lipinski definition) is 0. The third-order valence-electron chi connectivity index (χ3n) is 1.17. The van der Waals surface area contributed by atoms with Gasteiger partial charge >= 0.3 is 0 Å². The van der Waals surface area contributed by atoms with E-state index in [1.807, 2.05) is 0 Å². The lowest BCUT2D eigenvalue weighted by Crippen LogP contribution is -1.85. The monoisotopic (exact) mass is 236 g/mol. The standard InChI is InChI=1S/C7H3BrClFO/c8-5-2-7(10)6(9)1-4(5)3-11/h1-3H. The Morgan fingerprint density at radius 1 is 1.55 bits per heavy atom. The van der Waals surface area contributed by atoms with Crippen LogP contribution < -0.4 is 0 Å². The Kier molecular flexibility index (Phi) is 2.62. The summed E-state index contributed by atoms with van der Waals surface area (Å²) in [5.41, 5.74) is 0.344. The molecule has 0 saturated carbocycles. The molecular formula is C7H3BrClFO. The van der Waals surface area contributed by atoms with E-state index in [9.17, 15) is 9.18 Å². The summed E-state index contributed by atoms with van der Waals surface area (Å²) in [6.07, 6.45) is 0.607. The summed E-state index contributed by atoms with van der Waals surface area (Å²) in [6, 6.07) is 2.43. The van der Waals surface area contributed by atoms with Gasteiger partial charge in [-0.2, -0.15) is 0 Å². The Morgan fingerprint density at radius 3 is 2.73 bits per heavy atom. The molecule has 0 aliphatic carbocycles. The van der Waals surface area contributed by atoms with E-state index in [0.29, 0.717) is 16.3 Å². The van der Waals surface area contributed by atoms with E-state index in [4.69, 9.17) is 11.6 Å². The van der Waals surface area contributed by atoms with Crippen molar-refractivity contribution < 1.29 is 9.18 Å². The summed E-state index contributed by atoms with van der Waals surface area (Å²) < 4.78 is 13.0. The van der Waals surface area contributed by atoms with Gasteiger partial charge in [-0.25, -0.2) is 4.39 Å². The molecule has 11 heavy (non-hydrogen) atoms. The number of halogens is 3. The van der Waals surface area contributed by atoms with Crippen LogP contribution >= 0.6 is 27.5 Å². The van der Waals surface area contributed by atoms with E-state index in [-0.39, 0.29) is 5.02 Å². The van der Waals surface area contributed by atoms with Crippen molar-refractivity contribution in [1.82, 2.24) is 0 Å². The first-order valence-corrected chi connectivity index (χ1v) is 3.92. The van der Waals surface area contributed by atoms with Gasteiger partial charge in [-0.3, -0.25) is 4.79 Å². The van der Waals surface area contributed by atoms with Gasteiger partial charge in [0.2, 0.25) is 0 Å². The summed E-state index contributed by atoms with van der Waals surface area (Å²) in [4.78, 5) is 10.3. The second kappa shape index (κ2) is 3.32. The highest BCUT2D eigenvalue weighted by atomic mass is 79.9. The van der Waals surface area contributed by atoms with E-state index < -0.39 is 5.82 Å². The van der Waals surface area contributed by atoms with E-state index in [0.717, 1.165) is 6.07 Å². The van der Waals surface area contributed by atoms with Crippen molar-refractivity contribution in [2.45, 2.75) is 0 Å². The number of carbonyl (C=O) groups excluding carboxylic acids is 1. The number of rotatable bonds is 1. The quantitative estimate of drug-likeness (QED) is 0.542. The molecule has 0 atom stereocenters. The molecule has 1 aromatic rings. The van der Waals surface area contributed by atoms with Crippen molar-refractivity contribution in [2.75, 3.05) is 0 Å². The van der Waals surface area contributed by atoms with Gasteiger partial charge in [0.05, 0.1) is 5.02 Å². The minimum atomic E-state index is -0.538. The lowest BCUT2D eigenvalue weighted by molar-refractivity contribution is 0.112. The lowest BCUT2D eigenvalue weighted by Gasteiger charge is -1.97. The lowest BCUT2D eigenvalue weighted by atomic mass is 10.2. The number of hydrogen-bond acceptors (Lipinski definition) is 1. The zero-order valence-electron chi connectivity index (χ0n) is 5.27. The summed E-state index contributed by atoms with van der Waals surface area (Å²) in [5, 5.41) is -0.0460. The largest absolute Gasteiger partial charge is 0.298 e. The molecule has 0 amide bonds. The Bertz CT molecular complexity index is 301. The maximum atomic E-state index is 12.6. The summed E-state index contributed by atoms with van der Waals surface area (Å²) in [5.74, 6) is -0.538. The molecule has 0 aromatic heterocycles. The summed E-state index contributed by atoms with van der Waals surface area (Å²) >= 11 is 8.42. The molecular weight excluding hydrogens is 234 g/mol. The van der Waals surface area contributed by atoms with Crippen LogP contribution in [-0.2, 0) is 0 Å². The fourth-order valence-electron chi connectivity index (χ4n) is 0.628. The average Bonchev–Trinajstić information content (AvgIpc) is 1.97. The molecule has 58 valence electrons. The predicted molar refractivity (Wildman–Crippen MR) is 44.5 cm³/mol. The van der Waals surface area contributed by atoms with Gasteiger partial charge in [-0.05, 0) is 28.1 Å². The van der Waals surface area contributed by atoms with Crippen molar-refractivity contribution >= 4 is 33.8 Å². The molecule has 0 N–H and O–H groups in total. The number of benzene rings is 1. The molecule has 0 radical (unpaired) electrons. The van der Waals surface area contributed by atoms with E-state index in [2.05, 4.69) is 15.9 Å². The fourth-order valence-corrected chi connectivity index (χ4v) is 1.21. The second-order valence-corrected chi connectivity index (χ2v) is 3.17. The molecule has 0 aliphatic rings. The smallest absolute Gasteiger partial charge is 0.151 e. The Morgan fingerprint density at radius 2 is 2.18 bits per heavy atom. The normalized spacial score (nSPS) is 9.73. The highest BCUT2D eigenvalue weighted by Crippen LogP contribution is 2.22. The highest BCUT2D eigenvalue weighted by Gasteiger charge is 2.04. The Labute approximate surface area is 76.3 Å². The Hall–Kier alpha value is -0.410. The van der Waals surface area contributed by atoms with E-state index in [1.54, 1.807) is 0 Å². The maximum Gasteiger partial charge on any atom is 0.151 e. The van der Waals surface area contributed by atoms with Gasteiger partial charge in [-0.15, -0.1) is 0 Å². The van der Waals surface area contributed by atoms with Crippen LogP contribution in [0.3, 0.4) is 0 Å². The molecule has 0 heterocycles. The van der Waals surface area contributed by atoms with Crippen LogP contribution in [0.4, 0.5) is 4.39 Å². The van der Waals surface area contributed by atoms with Gasteiger partial charge < -0.3 is 0 Å². The minimum absolute atomic E-state index is 0.0460. The first-order valence-electron chi connectivity index (χ1n) is 2.75. The van der Waals surface area contributed by atoms with Crippen LogP contribution in [-0.4, -0.2) is 6.29 Å². The zero-order chi connectivity index (χ0) is 8.43. The van der Waals surface area contributed by atoms with E-state index in [1.165, 1.54) is 6.07 Å². The third-order valence-corrected chi connectivity index (χ3v) is 2.14. The molecule has 0 fully saturated rings. The van der Waals surface area contributed by atoms with Gasteiger partial charge in [0.1, 0.15) is 5.82 Å². The SMILES string of the molecule is O=Cc1cc(Cl)c(F)cc1Br. The molecule has 0 aliphatic heterocycles. The maximum absolute atomic E-state index is 12.6. The fraction of sp³-hybridized carbons (Fsp3) is 0. The van der Waals surface area contributed by atoms with Crippen molar-refractivity contribution in [1.29, 1.82) is 0 Å². The molecule has 0 saturated heterocycles. The molecule has 1 rings (SSSR count). The van der Waals surface area contributed by atoms with Crippen LogP contribution in [0.1, 0.15) is 10.4 Å². The third kappa shape index (κ3) is 1.79. The van der Waals surface area contributed by atoms with Crippen molar-refractivity contribution in [3.63, 3.8) is 0 Å². The topological polar surface area (TPSA) is 17.1 Å². The molecule has 1 aromatic carbocycles. The van der Waals surface area contributed by atoms with Crippen LogP contribution in [0.15, 0.2) is 16.6 Å².